The number of nitrogens with one attached hydrogen (secondary N) is 1. The molecule has 0 bridgehead atoms. The lowest BCUT2D eigenvalue weighted by Gasteiger charge is -1.98. The molecule has 1 rings (SSSR count). The van der Waals surface area contributed by atoms with Crippen LogP contribution < -0.4 is 5.11 Å². The van der Waals surface area contributed by atoms with Gasteiger partial charge < -0.3 is 20.0 Å². The predicted octanol–water partition coefficient (Wildman–Crippen LogP) is -0.894. The maximum atomic E-state index is 10.1. The number of carbonyl (C=O) groups excluding carboxylic acids is 1. The number of aliphatic carboxylic acids is 1. The van der Waals surface area contributed by atoms with E-state index in [0.717, 1.165) is 0 Å². The number of hydrogen-bond donors (Lipinski definition) is 2. The molecule has 0 aliphatic heterocycles. The number of imidazole rings is 1. The number of aromatic amines is 1. The zero-order valence-electron chi connectivity index (χ0n) is 6.63. The number of nitrogens with zero attached hydrogens (tertiary/aromatic N) is 1. The minimum absolute atomic E-state index is 0.116. The highest BCUT2D eigenvalue weighted by Crippen LogP contribution is 2.13. The fourth-order valence-corrected chi connectivity index (χ4v) is 0.930. The van der Waals surface area contributed by atoms with Crippen molar-refractivity contribution in [1.82, 2.24) is 9.97 Å². The normalized spacial score (nSPS) is 10.1. The fraction of sp³-hybridized carbons (Fsp3) is 0.429. The molecule has 66 valence electrons. The summed E-state index contributed by atoms with van der Waals surface area (Å²) in [6.45, 7) is 1.68. The topological polar surface area (TPSA) is 89.0 Å². The van der Waals surface area contributed by atoms with E-state index in [9.17, 15) is 9.90 Å². The zero-order chi connectivity index (χ0) is 9.14. The van der Waals surface area contributed by atoms with Crippen molar-refractivity contribution in [2.45, 2.75) is 19.8 Å². The highest BCUT2D eigenvalue weighted by molar-refractivity contribution is 5.64. The molecule has 2 N–H and O–H groups in total. The average molecular weight is 169 g/mol. The molecule has 5 nitrogen and oxygen atoms in total. The monoisotopic (exact) mass is 169 g/mol. The summed E-state index contributed by atoms with van der Waals surface area (Å²) < 4.78 is 0. The molecule has 12 heavy (non-hydrogen) atoms. The van der Waals surface area contributed by atoms with E-state index in [4.69, 9.17) is 5.11 Å². The summed E-state index contributed by atoms with van der Waals surface area (Å²) >= 11 is 0. The van der Waals surface area contributed by atoms with Crippen molar-refractivity contribution in [2.24, 2.45) is 0 Å². The largest absolute Gasteiger partial charge is 0.550 e. The van der Waals surface area contributed by atoms with Crippen LogP contribution in [0.5, 0.6) is 5.88 Å². The molecule has 0 radical (unpaired) electrons. The van der Waals surface area contributed by atoms with Gasteiger partial charge in [0.05, 0.1) is 5.69 Å². The third-order valence-corrected chi connectivity index (χ3v) is 1.45. The van der Waals surface area contributed by atoms with E-state index in [1.54, 1.807) is 6.92 Å². The van der Waals surface area contributed by atoms with Gasteiger partial charge in [-0.1, -0.05) is 0 Å². The van der Waals surface area contributed by atoms with Gasteiger partial charge in [-0.2, -0.15) is 4.98 Å². The summed E-state index contributed by atoms with van der Waals surface area (Å²) in [4.78, 5) is 16.5. The molecule has 0 fully saturated rings. The van der Waals surface area contributed by atoms with E-state index in [1.807, 2.05) is 0 Å². The van der Waals surface area contributed by atoms with Gasteiger partial charge >= 0.3 is 0 Å². The van der Waals surface area contributed by atoms with Crippen LogP contribution in [-0.4, -0.2) is 21.0 Å². The molecular formula is C7H9N2O3-. The molecule has 0 unspecified atom stereocenters. The van der Waals surface area contributed by atoms with Crippen LogP contribution in [0.1, 0.15) is 17.9 Å². The van der Waals surface area contributed by atoms with Crippen LogP contribution in [0.4, 0.5) is 0 Å². The van der Waals surface area contributed by atoms with Crippen LogP contribution in [0.25, 0.3) is 0 Å². The Hall–Kier alpha value is -1.52. The first-order valence-electron chi connectivity index (χ1n) is 3.54. The smallest absolute Gasteiger partial charge is 0.232 e. The van der Waals surface area contributed by atoms with Gasteiger partial charge in [0, 0.05) is 5.97 Å². The zero-order valence-corrected chi connectivity index (χ0v) is 6.63. The van der Waals surface area contributed by atoms with Gasteiger partial charge in [-0.15, -0.1) is 0 Å². The molecule has 1 heterocycles. The first kappa shape index (κ1) is 8.58. The second-order valence-electron chi connectivity index (χ2n) is 2.50. The standard InChI is InChI=1S/C7H10N2O3/c1-4-8-5(7(12)9-4)2-3-6(10)11/h12H,2-3H2,1H3,(H,8,9)(H,10,11)/p-1. The molecule has 1 aromatic heterocycles. The summed E-state index contributed by atoms with van der Waals surface area (Å²) in [6.07, 6.45) is 0.101. The minimum Gasteiger partial charge on any atom is -0.550 e. The van der Waals surface area contributed by atoms with Crippen LogP contribution in [0.3, 0.4) is 0 Å². The van der Waals surface area contributed by atoms with Gasteiger partial charge in [-0.3, -0.25) is 0 Å². The van der Waals surface area contributed by atoms with Gasteiger partial charge in [0.25, 0.3) is 0 Å². The van der Waals surface area contributed by atoms with Crippen molar-refractivity contribution in [3.63, 3.8) is 0 Å². The van der Waals surface area contributed by atoms with Crippen LogP contribution in [0.15, 0.2) is 0 Å². The van der Waals surface area contributed by atoms with Gasteiger partial charge in [0.15, 0.2) is 0 Å². The Morgan fingerprint density at radius 3 is 2.83 bits per heavy atom. The lowest BCUT2D eigenvalue weighted by molar-refractivity contribution is -0.305. The number of hydrogen-bond acceptors (Lipinski definition) is 4. The number of rotatable bonds is 3. The second kappa shape index (κ2) is 3.25. The molecule has 1 aromatic rings. The molecule has 0 aliphatic rings. The lowest BCUT2D eigenvalue weighted by Crippen LogP contribution is -2.22. The Labute approximate surface area is 69.1 Å². The Kier molecular flexibility index (Phi) is 2.32. The minimum atomic E-state index is -1.14. The van der Waals surface area contributed by atoms with Crippen molar-refractivity contribution in [3.8, 4) is 5.88 Å². The molecule has 0 aromatic carbocycles. The molecule has 0 saturated carbocycles. The van der Waals surface area contributed by atoms with Gasteiger partial charge in [0.1, 0.15) is 5.82 Å². The molecular weight excluding hydrogens is 160 g/mol. The molecule has 0 saturated heterocycles. The Balaban J connectivity index is 2.62. The Morgan fingerprint density at radius 2 is 2.42 bits per heavy atom. The van der Waals surface area contributed by atoms with Crippen LogP contribution in [-0.2, 0) is 11.2 Å². The van der Waals surface area contributed by atoms with Crippen molar-refractivity contribution in [2.75, 3.05) is 0 Å². The average Bonchev–Trinajstić information content (AvgIpc) is 2.26. The number of aromatic hydroxyl groups is 1. The summed E-state index contributed by atoms with van der Waals surface area (Å²) in [7, 11) is 0. The maximum absolute atomic E-state index is 10.1. The summed E-state index contributed by atoms with van der Waals surface area (Å²) in [5.41, 5.74) is 0.441. The molecule has 5 heteroatoms. The van der Waals surface area contributed by atoms with E-state index in [2.05, 4.69) is 9.97 Å². The first-order valence-corrected chi connectivity index (χ1v) is 3.54. The summed E-state index contributed by atoms with van der Waals surface area (Å²) in [6, 6.07) is 0. The lowest BCUT2D eigenvalue weighted by atomic mass is 10.2. The number of carbonyl (C=O) groups is 1. The van der Waals surface area contributed by atoms with E-state index >= 15 is 0 Å². The van der Waals surface area contributed by atoms with E-state index in [-0.39, 0.29) is 18.7 Å². The number of aromatic nitrogens is 2. The second-order valence-corrected chi connectivity index (χ2v) is 2.50. The number of carboxylic acids is 1. The number of aryl methyl sites for hydroxylation is 2. The van der Waals surface area contributed by atoms with Crippen molar-refractivity contribution in [1.29, 1.82) is 0 Å². The van der Waals surface area contributed by atoms with E-state index in [0.29, 0.717) is 11.5 Å². The fourth-order valence-electron chi connectivity index (χ4n) is 0.930. The van der Waals surface area contributed by atoms with Gasteiger partial charge in [0.2, 0.25) is 5.88 Å². The van der Waals surface area contributed by atoms with Gasteiger partial charge in [-0.05, 0) is 19.8 Å². The van der Waals surface area contributed by atoms with Crippen LogP contribution in [0, 0.1) is 6.92 Å². The molecule has 0 spiro atoms. The van der Waals surface area contributed by atoms with E-state index < -0.39 is 5.97 Å². The molecule has 0 amide bonds. The Bertz CT molecular complexity index is 293. The van der Waals surface area contributed by atoms with Crippen LogP contribution in [0.2, 0.25) is 0 Å². The highest BCUT2D eigenvalue weighted by Gasteiger charge is 2.05. The first-order chi connectivity index (χ1) is 5.59. The van der Waals surface area contributed by atoms with Gasteiger partial charge in [-0.25, -0.2) is 0 Å². The van der Waals surface area contributed by atoms with Crippen molar-refractivity contribution < 1.29 is 15.0 Å². The summed E-state index contributed by atoms with van der Waals surface area (Å²) in [5.74, 6) is -0.698. The van der Waals surface area contributed by atoms with Crippen molar-refractivity contribution >= 4 is 5.97 Å². The quantitative estimate of drug-likeness (QED) is 0.614. The molecule has 0 atom stereocenters. The highest BCUT2D eigenvalue weighted by atomic mass is 16.4. The van der Waals surface area contributed by atoms with E-state index in [1.165, 1.54) is 0 Å². The third-order valence-electron chi connectivity index (χ3n) is 1.45. The summed E-state index contributed by atoms with van der Waals surface area (Å²) in [5, 5.41) is 19.2. The number of carboxylic acid groups (broad SMARTS) is 1. The number of H-pyrrole nitrogens is 1. The SMILES string of the molecule is Cc1nc(O)c(CCC(=O)[O-])[nH]1. The Morgan fingerprint density at radius 1 is 1.75 bits per heavy atom. The predicted molar refractivity (Wildman–Crippen MR) is 38.3 cm³/mol. The molecule has 0 aliphatic carbocycles. The maximum Gasteiger partial charge on any atom is 0.232 e. The van der Waals surface area contributed by atoms with Crippen molar-refractivity contribution in [3.05, 3.63) is 11.5 Å². The third kappa shape index (κ3) is 1.98. The van der Waals surface area contributed by atoms with Crippen LogP contribution >= 0.6 is 0 Å².